The molecule has 1 aliphatic rings. The van der Waals surface area contributed by atoms with Crippen molar-refractivity contribution >= 4 is 33.1 Å². The van der Waals surface area contributed by atoms with Crippen LogP contribution in [-0.2, 0) is 6.54 Å². The first-order valence-electron chi connectivity index (χ1n) is 11.5. The molecule has 176 valence electrons. The summed E-state index contributed by atoms with van der Waals surface area (Å²) < 4.78 is 12.6. The van der Waals surface area contributed by atoms with E-state index in [1.807, 2.05) is 36.1 Å². The van der Waals surface area contributed by atoms with Gasteiger partial charge in [0.2, 0.25) is 0 Å². The zero-order chi connectivity index (χ0) is 23.5. The van der Waals surface area contributed by atoms with Crippen LogP contribution in [0.3, 0.4) is 0 Å². The van der Waals surface area contributed by atoms with E-state index in [1.54, 1.807) is 24.6 Å². The van der Waals surface area contributed by atoms with Crippen molar-refractivity contribution in [3.63, 3.8) is 0 Å². The van der Waals surface area contributed by atoms with E-state index in [0.29, 0.717) is 24.7 Å². The second-order valence-electron chi connectivity index (χ2n) is 8.37. The highest BCUT2D eigenvalue weighted by molar-refractivity contribution is 7.19. The quantitative estimate of drug-likeness (QED) is 0.424. The number of nitrogens with zero attached hydrogens (tertiary/aromatic N) is 3. The number of hydrogen-bond donors (Lipinski definition) is 1. The summed E-state index contributed by atoms with van der Waals surface area (Å²) in [4.78, 5) is 22.4. The molecule has 0 radical (unpaired) electrons. The van der Waals surface area contributed by atoms with E-state index >= 15 is 0 Å². The van der Waals surface area contributed by atoms with E-state index in [-0.39, 0.29) is 6.03 Å². The summed E-state index contributed by atoms with van der Waals surface area (Å²) in [6.45, 7) is 5.43. The molecule has 1 fully saturated rings. The highest BCUT2D eigenvalue weighted by Gasteiger charge is 2.21. The highest BCUT2D eigenvalue weighted by Crippen LogP contribution is 2.34. The monoisotopic (exact) mass is 476 g/mol. The Morgan fingerprint density at radius 3 is 2.82 bits per heavy atom. The fourth-order valence-corrected chi connectivity index (χ4v) is 5.35. The predicted octanol–water partition coefficient (Wildman–Crippen LogP) is 5.30. The van der Waals surface area contributed by atoms with Crippen molar-refractivity contribution < 1.29 is 13.9 Å². The number of ether oxygens (including phenoxy) is 1. The zero-order valence-electron chi connectivity index (χ0n) is 19.4. The third kappa shape index (κ3) is 4.72. The summed E-state index contributed by atoms with van der Waals surface area (Å²) in [5.74, 6) is 2.06. The van der Waals surface area contributed by atoms with Crippen LogP contribution in [-0.4, -0.2) is 49.2 Å². The van der Waals surface area contributed by atoms with Crippen molar-refractivity contribution in [3.8, 4) is 17.1 Å². The molecule has 5 rings (SSSR count). The summed E-state index contributed by atoms with van der Waals surface area (Å²) >= 11 is 1.73. The number of carbonyl (C=O) groups is 1. The SMILES string of the molecule is COc1cc(N2CCCN(C(=O)NCc3cc4ccccc4s3)CC2)ccc1-c1cnc(C)o1. The van der Waals surface area contributed by atoms with Crippen molar-refractivity contribution in [1.29, 1.82) is 0 Å². The van der Waals surface area contributed by atoms with Gasteiger partial charge in [0.15, 0.2) is 11.7 Å². The average Bonchev–Trinajstić information content (AvgIpc) is 3.40. The number of rotatable bonds is 5. The molecule has 2 aromatic carbocycles. The number of methoxy groups -OCH3 is 1. The molecule has 2 amide bonds. The molecule has 7 nitrogen and oxygen atoms in total. The smallest absolute Gasteiger partial charge is 0.317 e. The summed E-state index contributed by atoms with van der Waals surface area (Å²) in [5.41, 5.74) is 1.95. The molecule has 0 bridgehead atoms. The van der Waals surface area contributed by atoms with Crippen molar-refractivity contribution in [2.75, 3.05) is 38.2 Å². The molecule has 4 aromatic rings. The fraction of sp³-hybridized carbons (Fsp3) is 0.308. The molecule has 2 aromatic heterocycles. The van der Waals surface area contributed by atoms with Crippen LogP contribution < -0.4 is 15.0 Å². The molecule has 1 N–H and O–H groups in total. The minimum Gasteiger partial charge on any atom is -0.496 e. The van der Waals surface area contributed by atoms with Crippen LogP contribution in [0.1, 0.15) is 17.2 Å². The minimum absolute atomic E-state index is 0.00655. The number of nitrogens with one attached hydrogen (secondary N) is 1. The van der Waals surface area contributed by atoms with Gasteiger partial charge in [0.1, 0.15) is 5.75 Å². The maximum absolute atomic E-state index is 12.9. The number of fused-ring (bicyclic) bond motifs is 1. The number of aryl methyl sites for hydroxylation is 1. The van der Waals surface area contributed by atoms with E-state index in [2.05, 4.69) is 39.5 Å². The van der Waals surface area contributed by atoms with Crippen molar-refractivity contribution in [2.45, 2.75) is 19.9 Å². The standard InChI is InChI=1S/C26H28N4O3S/c1-18-27-17-24(33-18)22-9-8-20(15-23(22)32-2)29-10-5-11-30(13-12-29)26(31)28-16-21-14-19-6-3-4-7-25(19)34-21/h3-4,6-9,14-15,17H,5,10-13,16H2,1-2H3,(H,28,31). The van der Waals surface area contributed by atoms with Crippen molar-refractivity contribution in [3.05, 3.63) is 65.5 Å². The van der Waals surface area contributed by atoms with Crippen LogP contribution in [0.15, 0.2) is 59.1 Å². The highest BCUT2D eigenvalue weighted by atomic mass is 32.1. The molecule has 3 heterocycles. The Morgan fingerprint density at radius 2 is 2.03 bits per heavy atom. The molecule has 1 aliphatic heterocycles. The van der Waals surface area contributed by atoms with Crippen LogP contribution in [0.2, 0.25) is 0 Å². The van der Waals surface area contributed by atoms with Crippen LogP contribution in [0.5, 0.6) is 5.75 Å². The molecule has 1 saturated heterocycles. The van der Waals surface area contributed by atoms with Gasteiger partial charge in [-0.1, -0.05) is 18.2 Å². The topological polar surface area (TPSA) is 70.8 Å². The Bertz CT molecular complexity index is 1270. The fourth-order valence-electron chi connectivity index (χ4n) is 4.34. The van der Waals surface area contributed by atoms with Crippen molar-refractivity contribution in [1.82, 2.24) is 15.2 Å². The van der Waals surface area contributed by atoms with Gasteiger partial charge in [0.05, 0.1) is 25.4 Å². The molecule has 0 unspecified atom stereocenters. The van der Waals surface area contributed by atoms with Crippen LogP contribution in [0.25, 0.3) is 21.4 Å². The molecule has 0 spiro atoms. The van der Waals surface area contributed by atoms with Gasteiger partial charge in [0.25, 0.3) is 0 Å². The zero-order valence-corrected chi connectivity index (χ0v) is 20.2. The second-order valence-corrected chi connectivity index (χ2v) is 9.53. The van der Waals surface area contributed by atoms with Gasteiger partial charge in [0, 0.05) is 54.4 Å². The molecular weight excluding hydrogens is 448 g/mol. The Balaban J connectivity index is 1.21. The van der Waals surface area contributed by atoms with Gasteiger partial charge in [-0.2, -0.15) is 0 Å². The lowest BCUT2D eigenvalue weighted by molar-refractivity contribution is 0.201. The lowest BCUT2D eigenvalue weighted by Crippen LogP contribution is -2.41. The van der Waals surface area contributed by atoms with Gasteiger partial charge in [-0.15, -0.1) is 11.3 Å². The van der Waals surface area contributed by atoms with Gasteiger partial charge in [-0.05, 0) is 36.1 Å². The molecule has 34 heavy (non-hydrogen) atoms. The predicted molar refractivity (Wildman–Crippen MR) is 136 cm³/mol. The number of thiophene rings is 1. The third-order valence-corrected chi connectivity index (χ3v) is 7.23. The number of amides is 2. The largest absolute Gasteiger partial charge is 0.496 e. The number of urea groups is 1. The van der Waals surface area contributed by atoms with E-state index in [9.17, 15) is 4.79 Å². The van der Waals surface area contributed by atoms with Gasteiger partial charge >= 0.3 is 6.03 Å². The molecule has 0 atom stereocenters. The second kappa shape index (κ2) is 9.77. The van der Waals surface area contributed by atoms with Gasteiger partial charge in [-0.25, -0.2) is 9.78 Å². The average molecular weight is 477 g/mol. The van der Waals surface area contributed by atoms with E-state index in [0.717, 1.165) is 43.1 Å². The summed E-state index contributed by atoms with van der Waals surface area (Å²) in [6, 6.07) is 16.6. The van der Waals surface area contributed by atoms with Crippen molar-refractivity contribution in [2.24, 2.45) is 0 Å². The molecule has 8 heteroatoms. The minimum atomic E-state index is -0.00655. The van der Waals surface area contributed by atoms with Crippen LogP contribution in [0.4, 0.5) is 10.5 Å². The van der Waals surface area contributed by atoms with E-state index in [4.69, 9.17) is 9.15 Å². The van der Waals surface area contributed by atoms with Crippen LogP contribution >= 0.6 is 11.3 Å². The Labute approximate surface area is 203 Å². The lowest BCUT2D eigenvalue weighted by atomic mass is 10.1. The number of benzene rings is 2. The number of oxazole rings is 1. The first-order chi connectivity index (χ1) is 16.6. The Hall–Kier alpha value is -3.52. The van der Waals surface area contributed by atoms with Crippen LogP contribution in [0, 0.1) is 6.92 Å². The first-order valence-corrected chi connectivity index (χ1v) is 12.3. The lowest BCUT2D eigenvalue weighted by Gasteiger charge is -2.24. The molecule has 0 saturated carbocycles. The summed E-state index contributed by atoms with van der Waals surface area (Å²) in [7, 11) is 1.66. The van der Waals surface area contributed by atoms with E-state index < -0.39 is 0 Å². The maximum Gasteiger partial charge on any atom is 0.317 e. The summed E-state index contributed by atoms with van der Waals surface area (Å²) in [6.07, 6.45) is 2.62. The number of anilines is 1. The number of hydrogen-bond acceptors (Lipinski definition) is 6. The van der Waals surface area contributed by atoms with Gasteiger partial charge < -0.3 is 24.3 Å². The molecule has 0 aliphatic carbocycles. The Morgan fingerprint density at radius 1 is 1.15 bits per heavy atom. The van der Waals surface area contributed by atoms with Gasteiger partial charge in [-0.3, -0.25) is 0 Å². The van der Waals surface area contributed by atoms with E-state index in [1.165, 1.54) is 15.0 Å². The normalized spacial score (nSPS) is 14.3. The third-order valence-electron chi connectivity index (χ3n) is 6.11. The maximum atomic E-state index is 12.9. The molecular formula is C26H28N4O3S. The first kappa shape index (κ1) is 22.3. The number of aromatic nitrogens is 1. The Kier molecular flexibility index (Phi) is 6.40. The summed E-state index contributed by atoms with van der Waals surface area (Å²) in [5, 5.41) is 4.32. The number of carbonyl (C=O) groups excluding carboxylic acids is 1.